The molecule has 1 aromatic heterocycles. The summed E-state index contributed by atoms with van der Waals surface area (Å²) in [6.07, 6.45) is -4.80. The Balaban J connectivity index is 1.70. The fourth-order valence-corrected chi connectivity index (χ4v) is 3.42. The van der Waals surface area contributed by atoms with Crippen LogP contribution in [0.3, 0.4) is 0 Å². The molecule has 0 aliphatic rings. The molecule has 160 valence electrons. The van der Waals surface area contributed by atoms with Crippen molar-refractivity contribution in [3.8, 4) is 22.6 Å². The number of alkyl halides is 3. The van der Waals surface area contributed by atoms with Crippen molar-refractivity contribution >= 4 is 11.0 Å². The van der Waals surface area contributed by atoms with E-state index in [1.807, 2.05) is 0 Å². The summed E-state index contributed by atoms with van der Waals surface area (Å²) in [5.74, 6) is -0.315. The van der Waals surface area contributed by atoms with Crippen LogP contribution in [-0.4, -0.2) is 23.0 Å². The normalized spacial score (nSPS) is 11.6. The fraction of sp³-hybridized carbons (Fsp3) is 0.136. The number of hydrogen-bond acceptors (Lipinski definition) is 3. The molecule has 0 unspecified atom stereocenters. The summed E-state index contributed by atoms with van der Waals surface area (Å²) >= 11 is 0. The Kier molecular flexibility index (Phi) is 5.18. The van der Waals surface area contributed by atoms with Crippen LogP contribution in [0.25, 0.3) is 22.2 Å². The summed E-state index contributed by atoms with van der Waals surface area (Å²) in [5, 5.41) is 0. The molecule has 0 fully saturated rings. The first-order valence-corrected chi connectivity index (χ1v) is 9.15. The maximum atomic E-state index is 13.7. The van der Waals surface area contributed by atoms with Crippen molar-refractivity contribution in [2.24, 2.45) is 0 Å². The minimum Gasteiger partial charge on any atom is -0.496 e. The third-order valence-corrected chi connectivity index (χ3v) is 4.72. The number of aromatic amines is 1. The van der Waals surface area contributed by atoms with Crippen LogP contribution in [0.5, 0.6) is 11.5 Å². The highest BCUT2D eigenvalue weighted by Crippen LogP contribution is 2.32. The highest BCUT2D eigenvalue weighted by Gasteiger charge is 2.31. The highest BCUT2D eigenvalue weighted by molar-refractivity contribution is 5.83. The Morgan fingerprint density at radius 2 is 1.84 bits per heavy atom. The first-order chi connectivity index (χ1) is 14.7. The Labute approximate surface area is 173 Å². The van der Waals surface area contributed by atoms with Gasteiger partial charge in [-0.1, -0.05) is 18.2 Å². The number of imidazole rings is 1. The molecule has 0 saturated heterocycles. The summed E-state index contributed by atoms with van der Waals surface area (Å²) in [7, 11) is 1.48. The molecule has 0 aliphatic carbocycles. The Bertz CT molecular complexity index is 1310. The number of H-pyrrole nitrogens is 1. The first kappa shape index (κ1) is 20.5. The zero-order valence-corrected chi connectivity index (χ0v) is 16.2. The minimum absolute atomic E-state index is 0.0382. The van der Waals surface area contributed by atoms with Gasteiger partial charge in [-0.25, -0.2) is 9.18 Å². The van der Waals surface area contributed by atoms with Gasteiger partial charge < -0.3 is 14.5 Å². The third kappa shape index (κ3) is 4.40. The lowest BCUT2D eigenvalue weighted by Gasteiger charge is -2.11. The largest absolute Gasteiger partial charge is 0.573 e. The molecule has 1 N–H and O–H groups in total. The van der Waals surface area contributed by atoms with Gasteiger partial charge in [-0.05, 0) is 53.6 Å². The summed E-state index contributed by atoms with van der Waals surface area (Å²) < 4.78 is 61.7. The number of benzene rings is 3. The van der Waals surface area contributed by atoms with Crippen molar-refractivity contribution < 1.29 is 27.0 Å². The predicted octanol–water partition coefficient (Wildman–Crippen LogP) is 5.09. The molecule has 0 bridgehead atoms. The molecule has 0 amide bonds. The molecule has 9 heteroatoms. The molecule has 31 heavy (non-hydrogen) atoms. The average molecular weight is 432 g/mol. The minimum atomic E-state index is -4.80. The number of methoxy groups -OCH3 is 1. The van der Waals surface area contributed by atoms with Crippen molar-refractivity contribution in [2.45, 2.75) is 12.9 Å². The van der Waals surface area contributed by atoms with Crippen molar-refractivity contribution in [3.63, 3.8) is 0 Å². The Morgan fingerprint density at radius 1 is 1.03 bits per heavy atom. The molecule has 0 aliphatic heterocycles. The Morgan fingerprint density at radius 3 is 2.58 bits per heavy atom. The number of halogens is 4. The van der Waals surface area contributed by atoms with Crippen LogP contribution >= 0.6 is 0 Å². The van der Waals surface area contributed by atoms with Gasteiger partial charge in [-0.15, -0.1) is 13.2 Å². The second kappa shape index (κ2) is 7.82. The summed E-state index contributed by atoms with van der Waals surface area (Å²) in [6.45, 7) is 0.0382. The monoisotopic (exact) mass is 432 g/mol. The van der Waals surface area contributed by atoms with Crippen LogP contribution in [0.1, 0.15) is 5.56 Å². The molecular weight excluding hydrogens is 416 g/mol. The molecule has 0 atom stereocenters. The zero-order chi connectivity index (χ0) is 22.2. The number of nitrogens with one attached hydrogen (secondary N) is 1. The van der Waals surface area contributed by atoms with Crippen molar-refractivity contribution in [1.29, 1.82) is 0 Å². The van der Waals surface area contributed by atoms with Gasteiger partial charge in [0.25, 0.3) is 0 Å². The number of nitrogens with zero attached hydrogens (tertiary/aromatic N) is 1. The number of aromatic nitrogens is 2. The maximum Gasteiger partial charge on any atom is 0.573 e. The van der Waals surface area contributed by atoms with Gasteiger partial charge in [0.1, 0.15) is 17.3 Å². The van der Waals surface area contributed by atoms with E-state index < -0.39 is 17.9 Å². The van der Waals surface area contributed by atoms with Gasteiger partial charge in [-0.3, -0.25) is 4.57 Å². The molecule has 0 saturated carbocycles. The SMILES string of the molecule is COc1ccc(F)cc1-c1ccc2c(c1)[nH]c(=O)n2Cc1cccc(OC(F)(F)F)c1. The molecule has 4 aromatic rings. The van der Waals surface area contributed by atoms with E-state index in [1.165, 1.54) is 48.1 Å². The van der Waals surface area contributed by atoms with E-state index >= 15 is 0 Å². The molecule has 0 spiro atoms. The first-order valence-electron chi connectivity index (χ1n) is 9.15. The van der Waals surface area contributed by atoms with E-state index in [4.69, 9.17) is 4.74 Å². The van der Waals surface area contributed by atoms with E-state index in [1.54, 1.807) is 24.3 Å². The zero-order valence-electron chi connectivity index (χ0n) is 16.2. The van der Waals surface area contributed by atoms with Crippen LogP contribution in [0.2, 0.25) is 0 Å². The second-order valence-corrected chi connectivity index (χ2v) is 6.79. The third-order valence-electron chi connectivity index (χ3n) is 4.72. The molecule has 3 aromatic carbocycles. The van der Waals surface area contributed by atoms with Gasteiger partial charge in [0.15, 0.2) is 0 Å². The van der Waals surface area contributed by atoms with Gasteiger partial charge in [-0.2, -0.15) is 0 Å². The van der Waals surface area contributed by atoms with Crippen LogP contribution in [0.15, 0.2) is 65.5 Å². The topological polar surface area (TPSA) is 56.2 Å². The Hall–Kier alpha value is -3.75. The van der Waals surface area contributed by atoms with E-state index in [0.717, 1.165) is 0 Å². The lowest BCUT2D eigenvalue weighted by Crippen LogP contribution is -2.18. The second-order valence-electron chi connectivity index (χ2n) is 6.79. The maximum absolute atomic E-state index is 13.7. The molecule has 1 heterocycles. The van der Waals surface area contributed by atoms with Crippen LogP contribution < -0.4 is 15.2 Å². The van der Waals surface area contributed by atoms with Gasteiger partial charge in [0.05, 0.1) is 24.7 Å². The van der Waals surface area contributed by atoms with Gasteiger partial charge in [0, 0.05) is 5.56 Å². The highest BCUT2D eigenvalue weighted by atomic mass is 19.4. The van der Waals surface area contributed by atoms with Crippen molar-refractivity contribution in [3.05, 3.63) is 82.5 Å². The smallest absolute Gasteiger partial charge is 0.496 e. The molecular formula is C22H16F4N2O3. The number of hydrogen-bond donors (Lipinski definition) is 1. The quantitative estimate of drug-likeness (QED) is 0.447. The lowest BCUT2D eigenvalue weighted by atomic mass is 10.0. The summed E-state index contributed by atoms with van der Waals surface area (Å²) in [4.78, 5) is 15.2. The van der Waals surface area contributed by atoms with Crippen molar-refractivity contribution in [2.75, 3.05) is 7.11 Å². The molecule has 0 radical (unpaired) electrons. The number of rotatable bonds is 5. The van der Waals surface area contributed by atoms with Crippen LogP contribution in [-0.2, 0) is 6.54 Å². The van der Waals surface area contributed by atoms with Crippen LogP contribution in [0.4, 0.5) is 17.6 Å². The summed E-state index contributed by atoms with van der Waals surface area (Å²) in [6, 6.07) is 14.7. The fourth-order valence-electron chi connectivity index (χ4n) is 3.42. The lowest BCUT2D eigenvalue weighted by molar-refractivity contribution is -0.274. The standard InChI is InChI=1S/C22H16F4N2O3/c1-30-20-8-6-15(23)11-17(20)14-5-7-19-18(10-14)27-21(29)28(19)12-13-3-2-4-16(9-13)31-22(24,25)26/h2-11H,12H2,1H3,(H,27,29). The summed E-state index contributed by atoms with van der Waals surface area (Å²) in [5.41, 5.74) is 2.23. The van der Waals surface area contributed by atoms with Gasteiger partial charge >= 0.3 is 12.1 Å². The van der Waals surface area contributed by atoms with Gasteiger partial charge in [0.2, 0.25) is 0 Å². The van der Waals surface area contributed by atoms with E-state index in [-0.39, 0.29) is 12.3 Å². The average Bonchev–Trinajstić information content (AvgIpc) is 3.01. The van der Waals surface area contributed by atoms with Crippen LogP contribution in [0, 0.1) is 5.82 Å². The number of ether oxygens (including phenoxy) is 2. The predicted molar refractivity (Wildman–Crippen MR) is 107 cm³/mol. The van der Waals surface area contributed by atoms with E-state index in [2.05, 4.69) is 9.72 Å². The molecule has 4 rings (SSSR count). The number of fused-ring (bicyclic) bond motifs is 1. The van der Waals surface area contributed by atoms with E-state index in [9.17, 15) is 22.4 Å². The van der Waals surface area contributed by atoms with E-state index in [0.29, 0.717) is 33.5 Å². The van der Waals surface area contributed by atoms with Crippen molar-refractivity contribution in [1.82, 2.24) is 9.55 Å². The molecule has 5 nitrogen and oxygen atoms in total.